The van der Waals surface area contributed by atoms with Crippen molar-refractivity contribution in [3.63, 3.8) is 0 Å². The number of halogens is 2. The Bertz CT molecular complexity index is 611. The predicted molar refractivity (Wildman–Crippen MR) is 81.3 cm³/mol. The second-order valence-corrected chi connectivity index (χ2v) is 5.22. The number of ether oxygens (including phenoxy) is 1. The zero-order chi connectivity index (χ0) is 14.7. The van der Waals surface area contributed by atoms with Crippen LogP contribution in [0.15, 0.2) is 18.2 Å². The number of benzene rings is 1. The maximum atomic E-state index is 6.25. The molecule has 0 saturated heterocycles. The molecule has 0 amide bonds. The van der Waals surface area contributed by atoms with Crippen LogP contribution in [0.4, 0.5) is 0 Å². The molecule has 0 bridgehead atoms. The van der Waals surface area contributed by atoms with Crippen LogP contribution >= 0.6 is 23.2 Å². The molecule has 20 heavy (non-hydrogen) atoms. The lowest BCUT2D eigenvalue weighted by molar-refractivity contribution is 0.289. The molecule has 2 N–H and O–H groups in total. The Hall–Kier alpha value is -1.23. The third-order valence-corrected chi connectivity index (χ3v) is 3.79. The number of aromatic nitrogens is 2. The Morgan fingerprint density at radius 3 is 2.75 bits per heavy atom. The smallest absolute Gasteiger partial charge is 0.131 e. The van der Waals surface area contributed by atoms with Gasteiger partial charge in [-0.3, -0.25) is 4.68 Å². The summed E-state index contributed by atoms with van der Waals surface area (Å²) in [4.78, 5) is 0. The summed E-state index contributed by atoms with van der Waals surface area (Å²) < 4.78 is 7.66. The van der Waals surface area contributed by atoms with Crippen LogP contribution in [0.5, 0.6) is 5.75 Å². The minimum atomic E-state index is 0.349. The van der Waals surface area contributed by atoms with Crippen LogP contribution in [0, 0.1) is 6.92 Å². The SMILES string of the molecule is CCn1nc(C)c(Cl)c1COc1ccc(Cl)cc1CN. The van der Waals surface area contributed by atoms with Gasteiger partial charge in [0.2, 0.25) is 0 Å². The van der Waals surface area contributed by atoms with Gasteiger partial charge in [0.05, 0.1) is 16.4 Å². The zero-order valence-corrected chi connectivity index (χ0v) is 13.0. The van der Waals surface area contributed by atoms with Crippen molar-refractivity contribution in [2.24, 2.45) is 5.73 Å². The van der Waals surface area contributed by atoms with E-state index in [4.69, 9.17) is 33.7 Å². The van der Waals surface area contributed by atoms with Gasteiger partial charge in [-0.2, -0.15) is 5.10 Å². The largest absolute Gasteiger partial charge is 0.487 e. The van der Waals surface area contributed by atoms with Crippen LogP contribution in [0.25, 0.3) is 0 Å². The summed E-state index contributed by atoms with van der Waals surface area (Å²) in [5.74, 6) is 0.717. The first-order chi connectivity index (χ1) is 9.56. The van der Waals surface area contributed by atoms with Gasteiger partial charge in [-0.25, -0.2) is 0 Å². The van der Waals surface area contributed by atoms with Crippen LogP contribution in [-0.4, -0.2) is 9.78 Å². The van der Waals surface area contributed by atoms with Gasteiger partial charge in [-0.05, 0) is 32.0 Å². The molecule has 0 unspecified atom stereocenters. The highest BCUT2D eigenvalue weighted by Gasteiger charge is 2.13. The van der Waals surface area contributed by atoms with E-state index in [2.05, 4.69) is 5.10 Å². The Labute approximate surface area is 128 Å². The number of nitrogens with two attached hydrogens (primary N) is 1. The maximum absolute atomic E-state index is 6.25. The van der Waals surface area contributed by atoms with E-state index in [0.29, 0.717) is 23.2 Å². The summed E-state index contributed by atoms with van der Waals surface area (Å²) in [6.45, 7) is 5.36. The quantitative estimate of drug-likeness (QED) is 0.918. The van der Waals surface area contributed by atoms with Crippen molar-refractivity contribution >= 4 is 23.2 Å². The Morgan fingerprint density at radius 2 is 2.10 bits per heavy atom. The average molecular weight is 314 g/mol. The molecule has 1 aromatic heterocycles. The fourth-order valence-corrected chi connectivity index (χ4v) is 2.39. The molecular formula is C14H17Cl2N3O. The lowest BCUT2D eigenvalue weighted by atomic mass is 10.2. The molecule has 108 valence electrons. The van der Waals surface area contributed by atoms with Crippen LogP contribution in [0.1, 0.15) is 23.9 Å². The maximum Gasteiger partial charge on any atom is 0.131 e. The topological polar surface area (TPSA) is 53.1 Å². The van der Waals surface area contributed by atoms with Crippen molar-refractivity contribution in [1.29, 1.82) is 0 Å². The molecule has 2 rings (SSSR count). The number of rotatable bonds is 5. The van der Waals surface area contributed by atoms with Gasteiger partial charge in [0.15, 0.2) is 0 Å². The van der Waals surface area contributed by atoms with Crippen molar-refractivity contribution in [2.45, 2.75) is 33.5 Å². The van der Waals surface area contributed by atoms with Crippen molar-refractivity contribution in [1.82, 2.24) is 9.78 Å². The van der Waals surface area contributed by atoms with E-state index >= 15 is 0 Å². The van der Waals surface area contributed by atoms with Crippen LogP contribution in [0.3, 0.4) is 0 Å². The lowest BCUT2D eigenvalue weighted by Crippen LogP contribution is -2.08. The zero-order valence-electron chi connectivity index (χ0n) is 11.5. The third-order valence-electron chi connectivity index (χ3n) is 3.06. The first kappa shape index (κ1) is 15.2. The van der Waals surface area contributed by atoms with E-state index in [-0.39, 0.29) is 0 Å². The molecule has 0 atom stereocenters. The molecule has 0 aliphatic rings. The number of hydrogen-bond acceptors (Lipinski definition) is 3. The molecule has 1 aromatic carbocycles. The molecule has 6 heteroatoms. The van der Waals surface area contributed by atoms with E-state index in [1.807, 2.05) is 24.6 Å². The first-order valence-corrected chi connectivity index (χ1v) is 7.15. The molecule has 0 fully saturated rings. The molecular weight excluding hydrogens is 297 g/mol. The number of hydrogen-bond donors (Lipinski definition) is 1. The molecule has 1 heterocycles. The highest BCUT2D eigenvalue weighted by Crippen LogP contribution is 2.26. The summed E-state index contributed by atoms with van der Waals surface area (Å²) in [5, 5.41) is 5.65. The van der Waals surface area contributed by atoms with Gasteiger partial charge in [-0.15, -0.1) is 0 Å². The summed E-state index contributed by atoms with van der Waals surface area (Å²) in [7, 11) is 0. The highest BCUT2D eigenvalue weighted by atomic mass is 35.5. The van der Waals surface area contributed by atoms with Crippen molar-refractivity contribution in [3.05, 3.63) is 45.2 Å². The first-order valence-electron chi connectivity index (χ1n) is 6.39. The normalized spacial score (nSPS) is 10.8. The van der Waals surface area contributed by atoms with E-state index in [1.165, 1.54) is 0 Å². The summed E-state index contributed by atoms with van der Waals surface area (Å²) in [5.41, 5.74) is 8.24. The van der Waals surface area contributed by atoms with Gasteiger partial charge in [0.25, 0.3) is 0 Å². The predicted octanol–water partition coefficient (Wildman–Crippen LogP) is 3.56. The van der Waals surface area contributed by atoms with E-state index in [9.17, 15) is 0 Å². The van der Waals surface area contributed by atoms with E-state index in [0.717, 1.165) is 29.2 Å². The Morgan fingerprint density at radius 1 is 1.35 bits per heavy atom. The molecule has 0 aliphatic carbocycles. The van der Waals surface area contributed by atoms with E-state index in [1.54, 1.807) is 12.1 Å². The third kappa shape index (κ3) is 3.08. The van der Waals surface area contributed by atoms with Crippen molar-refractivity contribution in [2.75, 3.05) is 0 Å². The molecule has 0 saturated carbocycles. The van der Waals surface area contributed by atoms with Crippen molar-refractivity contribution < 1.29 is 4.74 Å². The second-order valence-electron chi connectivity index (χ2n) is 4.41. The van der Waals surface area contributed by atoms with Gasteiger partial charge in [0, 0.05) is 23.7 Å². The summed E-state index contributed by atoms with van der Waals surface area (Å²) in [6.07, 6.45) is 0. The number of nitrogens with zero attached hydrogens (tertiary/aromatic N) is 2. The summed E-state index contributed by atoms with van der Waals surface area (Å²) >= 11 is 12.2. The van der Waals surface area contributed by atoms with E-state index < -0.39 is 0 Å². The molecule has 0 spiro atoms. The Balaban J connectivity index is 2.21. The molecule has 4 nitrogen and oxygen atoms in total. The number of aryl methyl sites for hydroxylation is 2. The van der Waals surface area contributed by atoms with Crippen molar-refractivity contribution in [3.8, 4) is 5.75 Å². The van der Waals surface area contributed by atoms with Gasteiger partial charge < -0.3 is 10.5 Å². The van der Waals surface area contributed by atoms with Gasteiger partial charge in [-0.1, -0.05) is 23.2 Å². The molecule has 0 radical (unpaired) electrons. The second kappa shape index (κ2) is 6.48. The van der Waals surface area contributed by atoms with Gasteiger partial charge in [0.1, 0.15) is 12.4 Å². The Kier molecular flexibility index (Phi) is 4.91. The minimum absolute atomic E-state index is 0.349. The average Bonchev–Trinajstić information content (AvgIpc) is 2.72. The highest BCUT2D eigenvalue weighted by molar-refractivity contribution is 6.31. The molecule has 0 aliphatic heterocycles. The van der Waals surface area contributed by atoms with Crippen LogP contribution in [0.2, 0.25) is 10.0 Å². The summed E-state index contributed by atoms with van der Waals surface area (Å²) in [6, 6.07) is 5.40. The fourth-order valence-electron chi connectivity index (χ4n) is 2.00. The monoisotopic (exact) mass is 313 g/mol. The van der Waals surface area contributed by atoms with Crippen LogP contribution < -0.4 is 10.5 Å². The standard InChI is InChI=1S/C14H17Cl2N3O/c1-3-19-12(14(16)9(2)18-19)8-20-13-5-4-11(15)6-10(13)7-17/h4-6H,3,7-8,17H2,1-2H3. The lowest BCUT2D eigenvalue weighted by Gasteiger charge is -2.12. The fraction of sp³-hybridized carbons (Fsp3) is 0.357. The van der Waals surface area contributed by atoms with Gasteiger partial charge >= 0.3 is 0 Å². The van der Waals surface area contributed by atoms with Crippen LogP contribution in [-0.2, 0) is 19.7 Å². The molecule has 2 aromatic rings. The minimum Gasteiger partial charge on any atom is -0.487 e.